The Bertz CT molecular complexity index is 1820. The Morgan fingerprint density at radius 3 is 2.45 bits per heavy atom. The van der Waals surface area contributed by atoms with Crippen LogP contribution in [-0.4, -0.2) is 52.8 Å². The van der Waals surface area contributed by atoms with E-state index in [-0.39, 0.29) is 6.54 Å². The summed E-state index contributed by atoms with van der Waals surface area (Å²) in [7, 11) is 3.94. The Morgan fingerprint density at radius 1 is 0.977 bits per heavy atom. The van der Waals surface area contributed by atoms with Gasteiger partial charge in [0.25, 0.3) is 5.84 Å². The van der Waals surface area contributed by atoms with Crippen molar-refractivity contribution in [3.8, 4) is 0 Å². The minimum atomic E-state index is -0.615. The predicted molar refractivity (Wildman–Crippen MR) is 173 cm³/mol. The number of allylic oxidation sites excluding steroid dienone is 1. The average Bonchev–Trinajstić information content (AvgIpc) is 3.61. The van der Waals surface area contributed by atoms with E-state index in [4.69, 9.17) is 16.6 Å². The van der Waals surface area contributed by atoms with Gasteiger partial charge in [-0.15, -0.1) is 0 Å². The van der Waals surface area contributed by atoms with Crippen molar-refractivity contribution in [3.63, 3.8) is 0 Å². The molecule has 0 saturated heterocycles. The number of nitrogen functional groups attached to an aromatic ring is 1. The van der Waals surface area contributed by atoms with Gasteiger partial charge in [-0.25, -0.2) is 13.8 Å². The van der Waals surface area contributed by atoms with Crippen molar-refractivity contribution in [1.29, 1.82) is 0 Å². The van der Waals surface area contributed by atoms with Crippen molar-refractivity contribution in [3.05, 3.63) is 137 Å². The fourth-order valence-corrected chi connectivity index (χ4v) is 5.37. The van der Waals surface area contributed by atoms with Gasteiger partial charge in [-0.3, -0.25) is 14.7 Å². The van der Waals surface area contributed by atoms with Crippen LogP contribution in [0.15, 0.2) is 113 Å². The Morgan fingerprint density at radius 2 is 1.73 bits per heavy atom. The first-order valence-electron chi connectivity index (χ1n) is 14.1. The number of hydrogen-bond acceptors (Lipinski definition) is 6. The number of aliphatic imine (C=N–C) groups is 1. The van der Waals surface area contributed by atoms with Gasteiger partial charge in [-0.1, -0.05) is 42.5 Å². The predicted octanol–water partition coefficient (Wildman–Crippen LogP) is 4.42. The summed E-state index contributed by atoms with van der Waals surface area (Å²) in [5.74, 6) is 5.95. The number of nitrogens with zero attached hydrogens (tertiary/aromatic N) is 5. The van der Waals surface area contributed by atoms with Crippen LogP contribution in [0.25, 0.3) is 5.57 Å². The maximum Gasteiger partial charge on any atom is 0.553 e. The van der Waals surface area contributed by atoms with Crippen LogP contribution in [0.5, 0.6) is 0 Å². The highest BCUT2D eigenvalue weighted by molar-refractivity contribution is 6.33. The van der Waals surface area contributed by atoms with Gasteiger partial charge in [0.2, 0.25) is 0 Å². The maximum absolute atomic E-state index is 13.8. The number of fused-ring (bicyclic) bond motifs is 2. The quantitative estimate of drug-likeness (QED) is 0.0887. The molecule has 0 amide bonds. The monoisotopic (exact) mass is 588 g/mol. The SMILES string of the molecule is CN(CC(C=Nc1ccc2n1[B][N+]1=C(NCc3cc(F)cc(F)c3)C=CC1=C2c1ccc(N)cc1)=NN)Cc1ccccc1. The molecule has 6 rings (SSSR count). The summed E-state index contributed by atoms with van der Waals surface area (Å²) >= 11 is 0. The topological polar surface area (TPSA) is 100.0 Å². The zero-order valence-electron chi connectivity index (χ0n) is 24.2. The second kappa shape index (κ2) is 12.5. The molecule has 0 fully saturated rings. The number of amidine groups is 1. The number of nitrogens with one attached hydrogen (secondary N) is 1. The lowest BCUT2D eigenvalue weighted by atomic mass is 9.93. The Balaban J connectivity index is 1.30. The number of hydrazone groups is 1. The van der Waals surface area contributed by atoms with E-state index in [9.17, 15) is 8.78 Å². The first kappa shape index (κ1) is 28.8. The summed E-state index contributed by atoms with van der Waals surface area (Å²) in [6, 6.07) is 25.4. The van der Waals surface area contributed by atoms with Gasteiger partial charge in [0.05, 0.1) is 11.9 Å². The lowest BCUT2D eigenvalue weighted by Crippen LogP contribution is -2.36. The van der Waals surface area contributed by atoms with Crippen molar-refractivity contribution in [1.82, 2.24) is 14.7 Å². The molecule has 0 bridgehead atoms. The van der Waals surface area contributed by atoms with Gasteiger partial charge in [-0.05, 0) is 66.2 Å². The van der Waals surface area contributed by atoms with Crippen LogP contribution in [0.4, 0.5) is 20.3 Å². The molecule has 0 spiro atoms. The first-order chi connectivity index (χ1) is 21.4. The van der Waals surface area contributed by atoms with E-state index in [1.165, 1.54) is 17.7 Å². The molecule has 1 radical (unpaired) electrons. The zero-order valence-corrected chi connectivity index (χ0v) is 24.2. The van der Waals surface area contributed by atoms with E-state index in [0.29, 0.717) is 29.3 Å². The van der Waals surface area contributed by atoms with Gasteiger partial charge < -0.3 is 16.1 Å². The Labute approximate surface area is 255 Å². The summed E-state index contributed by atoms with van der Waals surface area (Å²) in [6.45, 7) is 1.50. The number of rotatable bonds is 9. The van der Waals surface area contributed by atoms with Gasteiger partial charge in [0, 0.05) is 42.2 Å². The highest BCUT2D eigenvalue weighted by Gasteiger charge is 2.34. The minimum Gasteiger partial charge on any atom is -0.399 e. The molecule has 4 aromatic rings. The molecule has 0 unspecified atom stereocenters. The number of hydrogen-bond donors (Lipinski definition) is 3. The summed E-state index contributed by atoms with van der Waals surface area (Å²) in [6.07, 6.45) is 5.64. The highest BCUT2D eigenvalue weighted by Crippen LogP contribution is 2.36. The van der Waals surface area contributed by atoms with Gasteiger partial charge in [0.15, 0.2) is 0 Å². The molecule has 11 heteroatoms. The van der Waals surface area contributed by atoms with Crippen LogP contribution in [0.3, 0.4) is 0 Å². The second-order valence-corrected chi connectivity index (χ2v) is 10.7. The van der Waals surface area contributed by atoms with E-state index in [2.05, 4.69) is 27.5 Å². The number of nitrogens with two attached hydrogens (primary N) is 2. The fraction of sp³-hybridized carbons (Fsp3) is 0.121. The van der Waals surface area contributed by atoms with Crippen molar-refractivity contribution in [2.45, 2.75) is 13.1 Å². The molecule has 0 aliphatic carbocycles. The van der Waals surface area contributed by atoms with Gasteiger partial charge >= 0.3 is 7.55 Å². The number of benzene rings is 3. The molecule has 2 aliphatic heterocycles. The molecule has 8 nitrogen and oxygen atoms in total. The molecule has 219 valence electrons. The molecule has 44 heavy (non-hydrogen) atoms. The third kappa shape index (κ3) is 6.23. The van der Waals surface area contributed by atoms with E-state index >= 15 is 0 Å². The molecule has 0 atom stereocenters. The van der Waals surface area contributed by atoms with Gasteiger partial charge in [-0.2, -0.15) is 5.10 Å². The maximum atomic E-state index is 13.8. The van der Waals surface area contributed by atoms with Crippen LogP contribution >= 0.6 is 0 Å². The number of halogens is 2. The van der Waals surface area contributed by atoms with Crippen LogP contribution in [-0.2, 0) is 13.1 Å². The van der Waals surface area contributed by atoms with Gasteiger partial charge in [0.1, 0.15) is 29.7 Å². The van der Waals surface area contributed by atoms with E-state index in [1.807, 2.05) is 90.3 Å². The average molecular weight is 588 g/mol. The fourth-order valence-electron chi connectivity index (χ4n) is 5.37. The van der Waals surface area contributed by atoms with Crippen molar-refractivity contribution >= 4 is 42.4 Å². The standard InChI is InChI=1S/C33H31BF2N8/c1-42(20-22-5-3-2-4-6-22)21-28(41-38)19-40-32-14-12-30-33(24-7-9-27(37)10-8-24)29-11-13-31(43(29)34-44(30)32)39-18-23-15-25(35)17-26(36)16-23/h2-17,19,39H,18,20-21,37-38H2,1H3/q+1. The molecular weight excluding hydrogens is 557 g/mol. The molecule has 3 heterocycles. The third-order valence-electron chi connectivity index (χ3n) is 7.39. The summed E-state index contributed by atoms with van der Waals surface area (Å²) in [5.41, 5.74) is 12.8. The molecular formula is C33H31BF2N8+. The van der Waals surface area contributed by atoms with Crippen molar-refractivity contribution < 1.29 is 13.3 Å². The normalized spacial score (nSPS) is 14.4. The molecule has 2 aliphatic rings. The van der Waals surface area contributed by atoms with Crippen LogP contribution < -0.4 is 16.9 Å². The van der Waals surface area contributed by atoms with Crippen LogP contribution in [0, 0.1) is 11.6 Å². The summed E-state index contributed by atoms with van der Waals surface area (Å²) in [5, 5.41) is 7.30. The Kier molecular flexibility index (Phi) is 8.20. The second-order valence-electron chi connectivity index (χ2n) is 10.7. The van der Waals surface area contributed by atoms with Crippen LogP contribution in [0.1, 0.15) is 22.4 Å². The summed E-state index contributed by atoms with van der Waals surface area (Å²) in [4.78, 5) is 6.89. The molecule has 1 aromatic heterocycles. The third-order valence-corrected chi connectivity index (χ3v) is 7.39. The molecule has 5 N–H and O–H groups in total. The zero-order chi connectivity index (χ0) is 30.6. The highest BCUT2D eigenvalue weighted by atomic mass is 19.1. The molecule has 0 saturated carbocycles. The smallest absolute Gasteiger partial charge is 0.399 e. The van der Waals surface area contributed by atoms with E-state index < -0.39 is 11.6 Å². The Hall–Kier alpha value is -5.29. The number of anilines is 1. The molecule has 3 aromatic carbocycles. The lowest BCUT2D eigenvalue weighted by molar-refractivity contribution is -0.315. The van der Waals surface area contributed by atoms with Crippen LogP contribution in [0.2, 0.25) is 0 Å². The van der Waals surface area contributed by atoms with Crippen molar-refractivity contribution in [2.24, 2.45) is 15.9 Å². The van der Waals surface area contributed by atoms with Crippen molar-refractivity contribution in [2.75, 3.05) is 19.3 Å². The lowest BCUT2D eigenvalue weighted by Gasteiger charge is -2.21. The first-order valence-corrected chi connectivity index (χ1v) is 14.1. The van der Waals surface area contributed by atoms with E-state index in [0.717, 1.165) is 41.0 Å². The van der Waals surface area contributed by atoms with E-state index in [1.54, 1.807) is 6.21 Å². The number of aromatic nitrogens is 1. The minimum absolute atomic E-state index is 0.236. The summed E-state index contributed by atoms with van der Waals surface area (Å²) < 4.78 is 31.6. The largest absolute Gasteiger partial charge is 0.553 e.